The molecule has 2 aromatic carbocycles. The van der Waals surface area contributed by atoms with E-state index in [9.17, 15) is 9.59 Å². The van der Waals surface area contributed by atoms with Crippen LogP contribution in [0.25, 0.3) is 0 Å². The molecule has 5 rings (SSSR count). The van der Waals surface area contributed by atoms with Gasteiger partial charge in [-0.05, 0) is 43.7 Å². The lowest BCUT2D eigenvalue weighted by Crippen LogP contribution is -2.51. The van der Waals surface area contributed by atoms with E-state index < -0.39 is 0 Å². The van der Waals surface area contributed by atoms with Crippen molar-refractivity contribution in [3.05, 3.63) is 60.2 Å². The van der Waals surface area contributed by atoms with E-state index in [0.29, 0.717) is 6.67 Å². The number of hydrogen-bond donors (Lipinski definition) is 2. The number of nitrogens with zero attached hydrogens (tertiary/aromatic N) is 5. The Morgan fingerprint density at radius 3 is 2.31 bits per heavy atom. The van der Waals surface area contributed by atoms with Crippen LogP contribution in [-0.2, 0) is 4.79 Å². The van der Waals surface area contributed by atoms with Crippen LogP contribution in [0.1, 0.15) is 25.5 Å². The third-order valence-electron chi connectivity index (χ3n) is 6.74. The van der Waals surface area contributed by atoms with Crippen molar-refractivity contribution in [1.29, 1.82) is 0 Å². The van der Waals surface area contributed by atoms with Crippen molar-refractivity contribution in [3.8, 4) is 0 Å². The van der Waals surface area contributed by atoms with Crippen LogP contribution < -0.4 is 20.5 Å². The van der Waals surface area contributed by atoms with E-state index in [-0.39, 0.29) is 24.0 Å². The van der Waals surface area contributed by atoms with Gasteiger partial charge in [0.25, 0.3) is 0 Å². The quantitative estimate of drug-likeness (QED) is 0.626. The van der Waals surface area contributed by atoms with E-state index >= 15 is 0 Å². The van der Waals surface area contributed by atoms with Gasteiger partial charge in [-0.1, -0.05) is 42.1 Å². The number of rotatable bonds is 6. The standard InChI is InChI=1S/C26H33N7O2S/c1-19(2)33-26(35)32(18-28-33)22-10-8-21(9-11-22)30-13-15-31(16-14-30)23(20-6-4-3-5-7-20)24(34)29-25-27-12-17-36-25/h3-11,19,23,28H,12-18H2,1-2H3,(H,27,29,34). The highest BCUT2D eigenvalue weighted by Gasteiger charge is 2.33. The molecule has 0 spiro atoms. The molecule has 0 aliphatic carbocycles. The summed E-state index contributed by atoms with van der Waals surface area (Å²) in [6.45, 7) is 8.39. The lowest BCUT2D eigenvalue weighted by molar-refractivity contribution is -0.125. The molecule has 2 aromatic rings. The maximum atomic E-state index is 13.3. The van der Waals surface area contributed by atoms with Crippen LogP contribution in [-0.4, -0.2) is 78.2 Å². The van der Waals surface area contributed by atoms with Crippen molar-refractivity contribution in [3.63, 3.8) is 0 Å². The highest BCUT2D eigenvalue weighted by Crippen LogP contribution is 2.27. The summed E-state index contributed by atoms with van der Waals surface area (Å²) >= 11 is 1.60. The Balaban J connectivity index is 1.23. The molecule has 0 radical (unpaired) electrons. The summed E-state index contributed by atoms with van der Waals surface area (Å²) in [6.07, 6.45) is 0. The molecule has 3 heterocycles. The summed E-state index contributed by atoms with van der Waals surface area (Å²) in [4.78, 5) is 36.7. The largest absolute Gasteiger partial charge is 0.369 e. The number of carbonyl (C=O) groups excluding carboxylic acids is 2. The van der Waals surface area contributed by atoms with E-state index in [1.165, 1.54) is 0 Å². The van der Waals surface area contributed by atoms with E-state index in [4.69, 9.17) is 0 Å². The van der Waals surface area contributed by atoms with Crippen molar-refractivity contribution in [2.75, 3.05) is 54.9 Å². The van der Waals surface area contributed by atoms with E-state index in [2.05, 4.69) is 37.7 Å². The number of carbonyl (C=O) groups is 2. The average Bonchev–Trinajstić information content (AvgIpc) is 3.55. The Kier molecular flexibility index (Phi) is 7.45. The van der Waals surface area contributed by atoms with Crippen LogP contribution >= 0.6 is 11.8 Å². The van der Waals surface area contributed by atoms with Crippen LogP contribution in [0.2, 0.25) is 0 Å². The first-order valence-electron chi connectivity index (χ1n) is 12.5. The van der Waals surface area contributed by atoms with Crippen molar-refractivity contribution in [2.45, 2.75) is 25.9 Å². The zero-order valence-electron chi connectivity index (χ0n) is 20.8. The number of piperazine rings is 1. The van der Waals surface area contributed by atoms with Crippen LogP contribution in [0.4, 0.5) is 16.2 Å². The molecule has 0 aromatic heterocycles. The SMILES string of the molecule is CC(C)N1NCN(c2ccc(N3CCN(C(C(=O)NC4=NCCS4)c4ccccc4)CC3)cc2)C1=O. The molecule has 3 amide bonds. The Hall–Kier alpha value is -3.08. The molecule has 2 N–H and O–H groups in total. The molecular weight excluding hydrogens is 474 g/mol. The maximum absolute atomic E-state index is 13.3. The van der Waals surface area contributed by atoms with Crippen LogP contribution in [0, 0.1) is 0 Å². The van der Waals surface area contributed by atoms with Crippen molar-refractivity contribution in [2.24, 2.45) is 4.99 Å². The maximum Gasteiger partial charge on any atom is 0.340 e. The molecule has 190 valence electrons. The van der Waals surface area contributed by atoms with E-state index in [1.54, 1.807) is 21.7 Å². The number of nitrogens with one attached hydrogen (secondary N) is 2. The molecule has 1 unspecified atom stereocenters. The van der Waals surface area contributed by atoms with Crippen molar-refractivity contribution >= 4 is 40.2 Å². The van der Waals surface area contributed by atoms with Gasteiger partial charge in [0.1, 0.15) is 6.04 Å². The predicted octanol–water partition coefficient (Wildman–Crippen LogP) is 2.88. The molecular formula is C26H33N7O2S. The van der Waals surface area contributed by atoms with Crippen molar-refractivity contribution < 1.29 is 9.59 Å². The van der Waals surface area contributed by atoms with Gasteiger partial charge in [-0.2, -0.15) is 0 Å². The summed E-state index contributed by atoms with van der Waals surface area (Å²) < 4.78 is 0. The van der Waals surface area contributed by atoms with Gasteiger partial charge < -0.3 is 10.2 Å². The predicted molar refractivity (Wildman–Crippen MR) is 145 cm³/mol. The minimum absolute atomic E-state index is 0.0218. The monoisotopic (exact) mass is 507 g/mol. The molecule has 2 fully saturated rings. The molecule has 2 saturated heterocycles. The number of anilines is 2. The zero-order chi connectivity index (χ0) is 25.1. The first kappa shape index (κ1) is 24.6. The van der Waals surface area contributed by atoms with Crippen LogP contribution in [0.5, 0.6) is 0 Å². The number of benzene rings is 2. The summed E-state index contributed by atoms with van der Waals surface area (Å²) in [6, 6.07) is 17.9. The number of urea groups is 1. The van der Waals surface area contributed by atoms with Gasteiger partial charge in [-0.3, -0.25) is 24.6 Å². The van der Waals surface area contributed by atoms with Gasteiger partial charge in [-0.15, -0.1) is 0 Å². The zero-order valence-corrected chi connectivity index (χ0v) is 21.6. The number of amidine groups is 1. The summed E-state index contributed by atoms with van der Waals surface area (Å²) in [5.41, 5.74) is 6.14. The Morgan fingerprint density at radius 2 is 1.69 bits per heavy atom. The average molecular weight is 508 g/mol. The molecule has 9 nitrogen and oxygen atoms in total. The molecule has 0 saturated carbocycles. The Bertz CT molecular complexity index is 1100. The summed E-state index contributed by atoms with van der Waals surface area (Å²) in [5, 5.41) is 5.42. The smallest absolute Gasteiger partial charge is 0.340 e. The lowest BCUT2D eigenvalue weighted by atomic mass is 10.0. The van der Waals surface area contributed by atoms with E-state index in [0.717, 1.165) is 60.6 Å². The fourth-order valence-electron chi connectivity index (χ4n) is 4.85. The highest BCUT2D eigenvalue weighted by molar-refractivity contribution is 8.14. The van der Waals surface area contributed by atoms with Gasteiger partial charge in [0.05, 0.1) is 13.2 Å². The second-order valence-electron chi connectivity index (χ2n) is 9.37. The van der Waals surface area contributed by atoms with Gasteiger partial charge in [0.2, 0.25) is 5.91 Å². The molecule has 10 heteroatoms. The van der Waals surface area contributed by atoms with Gasteiger partial charge in [0.15, 0.2) is 5.17 Å². The van der Waals surface area contributed by atoms with E-state index in [1.807, 2.05) is 56.3 Å². The third-order valence-corrected chi connectivity index (χ3v) is 7.63. The first-order chi connectivity index (χ1) is 17.5. The highest BCUT2D eigenvalue weighted by atomic mass is 32.2. The lowest BCUT2D eigenvalue weighted by Gasteiger charge is -2.39. The number of aliphatic imine (C=N–C) groups is 1. The van der Waals surface area contributed by atoms with Gasteiger partial charge in [0, 0.05) is 49.3 Å². The number of amides is 3. The molecule has 0 bridgehead atoms. The van der Waals surface area contributed by atoms with Crippen LogP contribution in [0.3, 0.4) is 0 Å². The molecule has 1 atom stereocenters. The van der Waals surface area contributed by atoms with Crippen LogP contribution in [0.15, 0.2) is 59.6 Å². The Morgan fingerprint density at radius 1 is 1.00 bits per heavy atom. The fourth-order valence-corrected chi connectivity index (χ4v) is 5.58. The Labute approximate surface area is 216 Å². The fraction of sp³-hybridized carbons (Fsp3) is 0.423. The molecule has 36 heavy (non-hydrogen) atoms. The molecule has 3 aliphatic heterocycles. The van der Waals surface area contributed by atoms with Crippen molar-refractivity contribution in [1.82, 2.24) is 20.7 Å². The number of thioether (sulfide) groups is 1. The third kappa shape index (κ3) is 5.21. The summed E-state index contributed by atoms with van der Waals surface area (Å²) in [5.74, 6) is 0.896. The second-order valence-corrected chi connectivity index (χ2v) is 10.5. The second kappa shape index (κ2) is 10.9. The number of hydrogen-bond acceptors (Lipinski definition) is 7. The minimum Gasteiger partial charge on any atom is -0.369 e. The topological polar surface area (TPSA) is 83.5 Å². The summed E-state index contributed by atoms with van der Waals surface area (Å²) in [7, 11) is 0. The minimum atomic E-state index is -0.350. The first-order valence-corrected chi connectivity index (χ1v) is 13.5. The van der Waals surface area contributed by atoms with Gasteiger partial charge in [-0.25, -0.2) is 10.2 Å². The normalized spacial score (nSPS) is 19.7. The molecule has 3 aliphatic rings. The van der Waals surface area contributed by atoms with Gasteiger partial charge >= 0.3 is 6.03 Å². The number of hydrazine groups is 1.